The zero-order valence-electron chi connectivity index (χ0n) is 11.2. The van der Waals surface area contributed by atoms with Crippen LogP contribution in [0.3, 0.4) is 0 Å². The van der Waals surface area contributed by atoms with Crippen molar-refractivity contribution in [3.8, 4) is 0 Å². The van der Waals surface area contributed by atoms with Crippen molar-refractivity contribution in [1.82, 2.24) is 5.32 Å². The van der Waals surface area contributed by atoms with Gasteiger partial charge in [0.2, 0.25) is 6.10 Å². The van der Waals surface area contributed by atoms with Gasteiger partial charge in [-0.05, 0) is 38.5 Å². The van der Waals surface area contributed by atoms with Gasteiger partial charge in [-0.25, -0.2) is 4.39 Å². The number of oxime groups is 1. The zero-order valence-corrected chi connectivity index (χ0v) is 11.2. The van der Waals surface area contributed by atoms with Crippen molar-refractivity contribution in [3.05, 3.63) is 35.6 Å². The van der Waals surface area contributed by atoms with E-state index in [0.29, 0.717) is 12.1 Å². The molecule has 19 heavy (non-hydrogen) atoms. The highest BCUT2D eigenvalue weighted by atomic mass is 19.1. The minimum absolute atomic E-state index is 0.187. The summed E-state index contributed by atoms with van der Waals surface area (Å²) in [7, 11) is 0. The second-order valence-corrected chi connectivity index (χ2v) is 5.58. The number of hydrogen-bond donors (Lipinski definition) is 1. The van der Waals surface area contributed by atoms with Crippen LogP contribution in [0.25, 0.3) is 0 Å². The highest BCUT2D eigenvalue weighted by Gasteiger charge is 2.30. The summed E-state index contributed by atoms with van der Waals surface area (Å²) in [6, 6.07) is 5.98. The third kappa shape index (κ3) is 3.53. The van der Waals surface area contributed by atoms with Gasteiger partial charge < -0.3 is 10.2 Å². The summed E-state index contributed by atoms with van der Waals surface area (Å²) in [6.07, 6.45) is -0.215. The van der Waals surface area contributed by atoms with Gasteiger partial charge in [0, 0.05) is 12.0 Å². The monoisotopic (exact) mass is 264 g/mol. The Hall–Kier alpha value is -1.91. The first-order valence-electron chi connectivity index (χ1n) is 6.16. The fraction of sp³-hybridized carbons (Fsp3) is 0.429. The summed E-state index contributed by atoms with van der Waals surface area (Å²) in [4.78, 5) is 17.1. The van der Waals surface area contributed by atoms with E-state index >= 15 is 0 Å². The van der Waals surface area contributed by atoms with Crippen LogP contribution in [0.5, 0.6) is 0 Å². The molecule has 1 heterocycles. The maximum Gasteiger partial charge on any atom is 0.264 e. The fourth-order valence-corrected chi connectivity index (χ4v) is 1.78. The largest absolute Gasteiger partial charge is 0.382 e. The molecule has 4 nitrogen and oxygen atoms in total. The van der Waals surface area contributed by atoms with Crippen LogP contribution in [0.1, 0.15) is 32.8 Å². The fourth-order valence-electron chi connectivity index (χ4n) is 1.78. The van der Waals surface area contributed by atoms with Crippen molar-refractivity contribution in [1.29, 1.82) is 0 Å². The second-order valence-electron chi connectivity index (χ2n) is 5.58. The van der Waals surface area contributed by atoms with Crippen LogP contribution < -0.4 is 5.32 Å². The molecule has 0 saturated carbocycles. The molecule has 2 rings (SSSR count). The minimum Gasteiger partial charge on any atom is -0.382 e. The minimum atomic E-state index is -0.612. The Morgan fingerprint density at radius 3 is 2.58 bits per heavy atom. The molecule has 1 aromatic rings. The molecule has 1 atom stereocenters. The number of carbonyl (C=O) groups is 1. The predicted molar refractivity (Wildman–Crippen MR) is 70.3 cm³/mol. The van der Waals surface area contributed by atoms with Gasteiger partial charge in [0.15, 0.2) is 0 Å². The number of halogens is 1. The Kier molecular flexibility index (Phi) is 3.55. The van der Waals surface area contributed by atoms with Crippen molar-refractivity contribution in [2.45, 2.75) is 38.8 Å². The Morgan fingerprint density at radius 1 is 1.37 bits per heavy atom. The van der Waals surface area contributed by atoms with Gasteiger partial charge in [0.1, 0.15) is 5.82 Å². The summed E-state index contributed by atoms with van der Waals surface area (Å²) in [5, 5.41) is 6.75. The average Bonchev–Trinajstić information content (AvgIpc) is 2.77. The van der Waals surface area contributed by atoms with Crippen LogP contribution in [0.4, 0.5) is 4.39 Å². The van der Waals surface area contributed by atoms with Gasteiger partial charge in [-0.2, -0.15) is 0 Å². The van der Waals surface area contributed by atoms with Crippen molar-refractivity contribution in [3.63, 3.8) is 0 Å². The Morgan fingerprint density at radius 2 is 2.00 bits per heavy atom. The molecule has 0 radical (unpaired) electrons. The van der Waals surface area contributed by atoms with E-state index in [1.807, 2.05) is 20.8 Å². The molecule has 1 amide bonds. The number of hydrogen-bond acceptors (Lipinski definition) is 3. The Bertz CT molecular complexity index is 503. The molecule has 102 valence electrons. The Labute approximate surface area is 111 Å². The van der Waals surface area contributed by atoms with Crippen LogP contribution in [0, 0.1) is 5.82 Å². The van der Waals surface area contributed by atoms with Gasteiger partial charge in [-0.15, -0.1) is 0 Å². The highest BCUT2D eigenvalue weighted by Crippen LogP contribution is 2.18. The average molecular weight is 264 g/mol. The molecule has 0 aromatic heterocycles. The zero-order chi connectivity index (χ0) is 14.0. The molecule has 1 N–H and O–H groups in total. The molecular formula is C14H17FN2O2. The molecule has 1 aromatic carbocycles. The molecule has 5 heteroatoms. The summed E-state index contributed by atoms with van der Waals surface area (Å²) >= 11 is 0. The van der Waals surface area contributed by atoms with E-state index in [-0.39, 0.29) is 17.3 Å². The quantitative estimate of drug-likeness (QED) is 0.890. The number of nitrogens with one attached hydrogen (secondary N) is 1. The number of carbonyl (C=O) groups excluding carboxylic acids is 1. The lowest BCUT2D eigenvalue weighted by atomic mass is 10.0. The summed E-state index contributed by atoms with van der Waals surface area (Å²) < 4.78 is 12.8. The molecule has 1 aliphatic heterocycles. The lowest BCUT2D eigenvalue weighted by molar-refractivity contribution is -0.132. The normalized spacial score (nSPS) is 18.7. The molecular weight excluding hydrogens is 247 g/mol. The second kappa shape index (κ2) is 4.99. The maximum atomic E-state index is 12.8. The summed E-state index contributed by atoms with van der Waals surface area (Å²) in [5.41, 5.74) is 1.13. The summed E-state index contributed by atoms with van der Waals surface area (Å²) in [6.45, 7) is 5.71. The third-order valence-electron chi connectivity index (χ3n) is 2.64. The van der Waals surface area contributed by atoms with E-state index in [2.05, 4.69) is 10.5 Å². The first kappa shape index (κ1) is 13.5. The maximum absolute atomic E-state index is 12.8. The lowest BCUT2D eigenvalue weighted by Crippen LogP contribution is -2.45. The highest BCUT2D eigenvalue weighted by molar-refractivity contribution is 6.04. The van der Waals surface area contributed by atoms with Gasteiger partial charge in [0.05, 0.1) is 5.71 Å². The molecule has 0 saturated heterocycles. The predicted octanol–water partition coefficient (Wildman–Crippen LogP) is 2.23. The molecule has 0 bridgehead atoms. The van der Waals surface area contributed by atoms with Crippen molar-refractivity contribution in [2.75, 3.05) is 0 Å². The van der Waals surface area contributed by atoms with Gasteiger partial charge in [0.25, 0.3) is 5.91 Å². The first-order chi connectivity index (χ1) is 8.85. The van der Waals surface area contributed by atoms with Crippen LogP contribution >= 0.6 is 0 Å². The van der Waals surface area contributed by atoms with Gasteiger partial charge in [-0.1, -0.05) is 17.3 Å². The van der Waals surface area contributed by atoms with Crippen LogP contribution in [-0.4, -0.2) is 23.3 Å². The van der Waals surface area contributed by atoms with Crippen molar-refractivity contribution < 1.29 is 14.0 Å². The van der Waals surface area contributed by atoms with Crippen molar-refractivity contribution in [2.24, 2.45) is 5.16 Å². The first-order valence-corrected chi connectivity index (χ1v) is 6.16. The van der Waals surface area contributed by atoms with Crippen molar-refractivity contribution >= 4 is 11.6 Å². The smallest absolute Gasteiger partial charge is 0.264 e. The van der Waals surface area contributed by atoms with E-state index in [4.69, 9.17) is 4.84 Å². The van der Waals surface area contributed by atoms with Crippen LogP contribution in [0.15, 0.2) is 29.4 Å². The van der Waals surface area contributed by atoms with Crippen LogP contribution in [0.2, 0.25) is 0 Å². The Balaban J connectivity index is 1.99. The molecule has 0 aliphatic carbocycles. The number of nitrogens with zero attached hydrogens (tertiary/aromatic N) is 1. The summed E-state index contributed by atoms with van der Waals surface area (Å²) in [5.74, 6) is -0.487. The number of benzene rings is 1. The van der Waals surface area contributed by atoms with E-state index in [1.165, 1.54) is 12.1 Å². The molecule has 1 aliphatic rings. The molecule has 1 unspecified atom stereocenters. The number of rotatable bonds is 2. The van der Waals surface area contributed by atoms with Gasteiger partial charge >= 0.3 is 0 Å². The van der Waals surface area contributed by atoms with E-state index in [9.17, 15) is 9.18 Å². The third-order valence-corrected chi connectivity index (χ3v) is 2.64. The van der Waals surface area contributed by atoms with E-state index in [1.54, 1.807) is 12.1 Å². The van der Waals surface area contributed by atoms with E-state index < -0.39 is 6.10 Å². The SMILES string of the molecule is CC(C)(C)NC(=O)C1CC(c2ccc(F)cc2)=NO1. The standard InChI is InChI=1S/C14H17FN2O2/c1-14(2,3)16-13(18)12-8-11(17-19-12)9-4-6-10(15)7-5-9/h4-7,12H,8H2,1-3H3,(H,16,18). The molecule has 0 fully saturated rings. The topological polar surface area (TPSA) is 50.7 Å². The lowest BCUT2D eigenvalue weighted by Gasteiger charge is -2.22. The van der Waals surface area contributed by atoms with Gasteiger partial charge in [-0.3, -0.25) is 4.79 Å². The van der Waals surface area contributed by atoms with E-state index in [0.717, 1.165) is 5.56 Å². The number of amides is 1. The van der Waals surface area contributed by atoms with Crippen LogP contribution in [-0.2, 0) is 9.63 Å². The molecule has 0 spiro atoms.